The standard InChI is InChI=1S/C18H16O2/c1-3-7-15(8-4-1)17-11-13-18(14-12-17,20-19-17)16-9-5-2-6-10-16/h1-11,13H,12,14H2/t17-,18-/m0/s1. The first-order valence-electron chi connectivity index (χ1n) is 7.01. The van der Waals surface area contributed by atoms with E-state index < -0.39 is 11.2 Å². The molecule has 0 amide bonds. The molecule has 5 rings (SSSR count). The Hall–Kier alpha value is -1.90. The Morgan fingerprint density at radius 3 is 1.30 bits per heavy atom. The summed E-state index contributed by atoms with van der Waals surface area (Å²) in [6, 6.07) is 20.6. The van der Waals surface area contributed by atoms with Gasteiger partial charge in [0.25, 0.3) is 0 Å². The zero-order valence-corrected chi connectivity index (χ0v) is 11.2. The number of fused-ring (bicyclic) bond motifs is 2. The van der Waals surface area contributed by atoms with Crippen LogP contribution in [0.15, 0.2) is 72.8 Å². The van der Waals surface area contributed by atoms with Crippen molar-refractivity contribution in [3.8, 4) is 0 Å². The molecule has 0 radical (unpaired) electrons. The van der Waals surface area contributed by atoms with Gasteiger partial charge in [0.05, 0.1) is 0 Å². The van der Waals surface area contributed by atoms with E-state index >= 15 is 0 Å². The summed E-state index contributed by atoms with van der Waals surface area (Å²) in [5.74, 6) is 0. The van der Waals surface area contributed by atoms with E-state index in [-0.39, 0.29) is 0 Å². The molecule has 1 fully saturated rings. The van der Waals surface area contributed by atoms with Gasteiger partial charge >= 0.3 is 0 Å². The van der Waals surface area contributed by atoms with Crippen LogP contribution in [0, 0.1) is 0 Å². The lowest BCUT2D eigenvalue weighted by Gasteiger charge is -2.47. The molecular weight excluding hydrogens is 248 g/mol. The third-order valence-electron chi connectivity index (χ3n) is 4.35. The fourth-order valence-corrected chi connectivity index (χ4v) is 3.11. The molecular formula is C18H16O2. The fourth-order valence-electron chi connectivity index (χ4n) is 3.11. The minimum Gasteiger partial charge on any atom is -0.220 e. The molecule has 100 valence electrons. The van der Waals surface area contributed by atoms with Crippen molar-refractivity contribution in [2.45, 2.75) is 24.0 Å². The summed E-state index contributed by atoms with van der Waals surface area (Å²) in [6.45, 7) is 0. The van der Waals surface area contributed by atoms with Crippen LogP contribution in [-0.4, -0.2) is 0 Å². The summed E-state index contributed by atoms with van der Waals surface area (Å²) in [5, 5.41) is 0. The maximum absolute atomic E-state index is 5.82. The minimum absolute atomic E-state index is 0.419. The third-order valence-corrected chi connectivity index (χ3v) is 4.35. The van der Waals surface area contributed by atoms with E-state index in [9.17, 15) is 0 Å². The van der Waals surface area contributed by atoms with Crippen LogP contribution in [-0.2, 0) is 21.0 Å². The molecule has 1 aliphatic carbocycles. The van der Waals surface area contributed by atoms with E-state index in [0.29, 0.717) is 0 Å². The second-order valence-corrected chi connectivity index (χ2v) is 5.51. The summed E-state index contributed by atoms with van der Waals surface area (Å²) in [4.78, 5) is 11.6. The van der Waals surface area contributed by atoms with E-state index in [1.807, 2.05) is 36.4 Å². The van der Waals surface area contributed by atoms with Crippen LogP contribution in [0.2, 0.25) is 0 Å². The second kappa shape index (κ2) is 4.30. The van der Waals surface area contributed by atoms with Gasteiger partial charge in [-0.05, 0) is 36.1 Å². The Labute approximate surface area is 118 Å². The van der Waals surface area contributed by atoms with Gasteiger partial charge < -0.3 is 0 Å². The van der Waals surface area contributed by atoms with Crippen LogP contribution in [0.3, 0.4) is 0 Å². The van der Waals surface area contributed by atoms with Crippen molar-refractivity contribution in [2.75, 3.05) is 0 Å². The van der Waals surface area contributed by atoms with Gasteiger partial charge in [0.1, 0.15) is 11.2 Å². The highest BCUT2D eigenvalue weighted by atomic mass is 17.2. The molecule has 3 aliphatic rings. The van der Waals surface area contributed by atoms with Crippen LogP contribution in [0.25, 0.3) is 0 Å². The third kappa shape index (κ3) is 1.65. The molecule has 1 saturated heterocycles. The molecule has 0 N–H and O–H groups in total. The van der Waals surface area contributed by atoms with Crippen molar-refractivity contribution in [1.29, 1.82) is 0 Å². The Bertz CT molecular complexity index is 565. The number of benzene rings is 2. The molecule has 2 bridgehead atoms. The van der Waals surface area contributed by atoms with Gasteiger partial charge in [-0.3, -0.25) is 0 Å². The lowest BCUT2D eigenvalue weighted by Crippen LogP contribution is -2.46. The average molecular weight is 264 g/mol. The first kappa shape index (κ1) is 11.9. The maximum Gasteiger partial charge on any atom is 0.147 e. The van der Waals surface area contributed by atoms with Crippen LogP contribution in [0.5, 0.6) is 0 Å². The molecule has 2 nitrogen and oxygen atoms in total. The van der Waals surface area contributed by atoms with Crippen molar-refractivity contribution >= 4 is 0 Å². The molecule has 0 saturated carbocycles. The molecule has 0 spiro atoms. The number of hydrogen-bond donors (Lipinski definition) is 0. The SMILES string of the molecule is C1=C[C@@]2(c3ccccc3)CC[C@@]1(c1ccccc1)OO2. The largest absolute Gasteiger partial charge is 0.220 e. The monoisotopic (exact) mass is 264 g/mol. The topological polar surface area (TPSA) is 18.5 Å². The Morgan fingerprint density at radius 1 is 0.600 bits per heavy atom. The van der Waals surface area contributed by atoms with Crippen molar-refractivity contribution in [3.63, 3.8) is 0 Å². The Kier molecular flexibility index (Phi) is 2.56. The van der Waals surface area contributed by atoms with E-state index in [4.69, 9.17) is 9.78 Å². The molecule has 2 atom stereocenters. The minimum atomic E-state index is -0.419. The zero-order chi connectivity index (χ0) is 13.5. The van der Waals surface area contributed by atoms with E-state index in [2.05, 4.69) is 36.4 Å². The van der Waals surface area contributed by atoms with Crippen LogP contribution < -0.4 is 0 Å². The highest BCUT2D eigenvalue weighted by molar-refractivity contribution is 5.37. The van der Waals surface area contributed by atoms with Crippen molar-refractivity contribution in [2.24, 2.45) is 0 Å². The van der Waals surface area contributed by atoms with Crippen molar-refractivity contribution in [1.82, 2.24) is 0 Å². The quantitative estimate of drug-likeness (QED) is 0.601. The van der Waals surface area contributed by atoms with Crippen molar-refractivity contribution < 1.29 is 9.78 Å². The fraction of sp³-hybridized carbons (Fsp3) is 0.222. The molecule has 2 heteroatoms. The Balaban J connectivity index is 1.74. The molecule has 0 aromatic heterocycles. The van der Waals surface area contributed by atoms with Gasteiger partial charge in [0.15, 0.2) is 0 Å². The lowest BCUT2D eigenvalue weighted by atomic mass is 9.75. The number of hydrogen-bond acceptors (Lipinski definition) is 2. The molecule has 2 aliphatic heterocycles. The van der Waals surface area contributed by atoms with Gasteiger partial charge in [-0.15, -0.1) is 0 Å². The first-order valence-corrected chi connectivity index (χ1v) is 7.01. The highest BCUT2D eigenvalue weighted by Gasteiger charge is 2.49. The van der Waals surface area contributed by atoms with Gasteiger partial charge in [0, 0.05) is 0 Å². The Morgan fingerprint density at radius 2 is 1.00 bits per heavy atom. The zero-order valence-electron chi connectivity index (χ0n) is 11.2. The summed E-state index contributed by atoms with van der Waals surface area (Å²) in [6.07, 6.45) is 6.18. The van der Waals surface area contributed by atoms with Gasteiger partial charge in [0.2, 0.25) is 0 Å². The second-order valence-electron chi connectivity index (χ2n) is 5.51. The van der Waals surface area contributed by atoms with Crippen LogP contribution in [0.4, 0.5) is 0 Å². The predicted octanol–water partition coefficient (Wildman–Crippen LogP) is 4.09. The normalized spacial score (nSPS) is 31.4. The van der Waals surface area contributed by atoms with E-state index in [1.54, 1.807) is 0 Å². The molecule has 0 unspecified atom stereocenters. The summed E-state index contributed by atoms with van der Waals surface area (Å²) in [7, 11) is 0. The highest BCUT2D eigenvalue weighted by Crippen LogP contribution is 2.50. The number of rotatable bonds is 2. The smallest absolute Gasteiger partial charge is 0.147 e. The van der Waals surface area contributed by atoms with E-state index in [1.165, 1.54) is 0 Å². The molecule has 20 heavy (non-hydrogen) atoms. The predicted molar refractivity (Wildman–Crippen MR) is 76.8 cm³/mol. The average Bonchev–Trinajstić information content (AvgIpc) is 2.58. The molecule has 2 aromatic carbocycles. The van der Waals surface area contributed by atoms with Gasteiger partial charge in [-0.2, -0.15) is 0 Å². The molecule has 2 aromatic rings. The summed E-state index contributed by atoms with van der Waals surface area (Å²) < 4.78 is 0. The van der Waals surface area contributed by atoms with Gasteiger partial charge in [-0.25, -0.2) is 9.78 Å². The van der Waals surface area contributed by atoms with Crippen LogP contribution in [0.1, 0.15) is 24.0 Å². The van der Waals surface area contributed by atoms with Gasteiger partial charge in [-0.1, -0.05) is 60.7 Å². The summed E-state index contributed by atoms with van der Waals surface area (Å²) in [5.41, 5.74) is 1.46. The summed E-state index contributed by atoms with van der Waals surface area (Å²) >= 11 is 0. The molecule has 2 heterocycles. The van der Waals surface area contributed by atoms with Crippen molar-refractivity contribution in [3.05, 3.63) is 83.9 Å². The van der Waals surface area contributed by atoms with E-state index in [0.717, 1.165) is 24.0 Å². The first-order chi connectivity index (χ1) is 9.83. The lowest BCUT2D eigenvalue weighted by molar-refractivity contribution is -0.437. The maximum atomic E-state index is 5.82. The van der Waals surface area contributed by atoms with Crippen LogP contribution >= 0.6 is 0 Å².